The summed E-state index contributed by atoms with van der Waals surface area (Å²) in [6.07, 6.45) is 1.66. The number of fused-ring (bicyclic) bond motifs is 1. The number of hydrogen-bond acceptors (Lipinski definition) is 5. The fourth-order valence-electron chi connectivity index (χ4n) is 2.71. The molecule has 0 aliphatic heterocycles. The lowest BCUT2D eigenvalue weighted by atomic mass is 10.1. The minimum Gasteiger partial charge on any atom is -0.365 e. The van der Waals surface area contributed by atoms with Crippen molar-refractivity contribution in [2.24, 2.45) is 0 Å². The molecular formula is C20H22N4OS. The van der Waals surface area contributed by atoms with E-state index in [4.69, 9.17) is 0 Å². The van der Waals surface area contributed by atoms with E-state index in [1.165, 1.54) is 10.4 Å². The molecule has 2 heterocycles. The number of anilines is 1. The maximum Gasteiger partial charge on any atom is 0.251 e. The number of nitrogens with one attached hydrogen (secondary N) is 2. The maximum atomic E-state index is 11.9. The first-order valence-electron chi connectivity index (χ1n) is 8.46. The summed E-state index contributed by atoms with van der Waals surface area (Å²) in [5.41, 5.74) is 2.95. The SMILES string of the molecule is C=CCNC(=O)c1ccc(CNc2nc(C)nc3sc(C)c(C)c23)cc1. The molecule has 3 aromatic rings. The molecule has 0 aliphatic carbocycles. The molecule has 5 nitrogen and oxygen atoms in total. The lowest BCUT2D eigenvalue weighted by Crippen LogP contribution is -2.23. The Labute approximate surface area is 157 Å². The molecule has 0 aliphatic rings. The first-order valence-corrected chi connectivity index (χ1v) is 9.27. The first-order chi connectivity index (χ1) is 12.5. The molecular weight excluding hydrogens is 344 g/mol. The lowest BCUT2D eigenvalue weighted by molar-refractivity contribution is 0.0958. The topological polar surface area (TPSA) is 66.9 Å². The monoisotopic (exact) mass is 366 g/mol. The smallest absolute Gasteiger partial charge is 0.251 e. The molecule has 2 N–H and O–H groups in total. The summed E-state index contributed by atoms with van der Waals surface area (Å²) < 4.78 is 0. The summed E-state index contributed by atoms with van der Waals surface area (Å²) >= 11 is 1.70. The second-order valence-electron chi connectivity index (χ2n) is 6.13. The van der Waals surface area contributed by atoms with E-state index in [2.05, 4.69) is 41.0 Å². The molecule has 0 saturated carbocycles. The molecule has 2 aromatic heterocycles. The van der Waals surface area contributed by atoms with Gasteiger partial charge in [0, 0.05) is 23.5 Å². The molecule has 0 radical (unpaired) electrons. The van der Waals surface area contributed by atoms with Crippen LogP contribution in [0.15, 0.2) is 36.9 Å². The highest BCUT2D eigenvalue weighted by molar-refractivity contribution is 7.18. The van der Waals surface area contributed by atoms with E-state index in [9.17, 15) is 4.79 Å². The van der Waals surface area contributed by atoms with Gasteiger partial charge in [-0.2, -0.15) is 0 Å². The highest BCUT2D eigenvalue weighted by Crippen LogP contribution is 2.33. The van der Waals surface area contributed by atoms with Gasteiger partial charge in [-0.05, 0) is 44.0 Å². The Bertz CT molecular complexity index is 960. The van der Waals surface area contributed by atoms with Crippen LogP contribution in [0.2, 0.25) is 0 Å². The van der Waals surface area contributed by atoms with Crippen molar-refractivity contribution in [2.75, 3.05) is 11.9 Å². The highest BCUT2D eigenvalue weighted by Gasteiger charge is 2.13. The lowest BCUT2D eigenvalue weighted by Gasteiger charge is -2.09. The second kappa shape index (κ2) is 7.66. The molecule has 1 aromatic carbocycles. The Morgan fingerprint density at radius 2 is 1.92 bits per heavy atom. The zero-order chi connectivity index (χ0) is 18.7. The van der Waals surface area contributed by atoms with Gasteiger partial charge in [-0.25, -0.2) is 9.97 Å². The van der Waals surface area contributed by atoms with E-state index in [1.54, 1.807) is 17.4 Å². The van der Waals surface area contributed by atoms with E-state index in [0.29, 0.717) is 18.7 Å². The molecule has 6 heteroatoms. The predicted octanol–water partition coefficient (Wildman–Crippen LogP) is 4.14. The fourth-order valence-corrected chi connectivity index (χ4v) is 3.79. The van der Waals surface area contributed by atoms with Gasteiger partial charge in [0.05, 0.1) is 5.39 Å². The molecule has 3 rings (SSSR count). The molecule has 0 saturated heterocycles. The van der Waals surface area contributed by atoms with Crippen molar-refractivity contribution in [3.05, 3.63) is 64.3 Å². The summed E-state index contributed by atoms with van der Waals surface area (Å²) in [6, 6.07) is 7.56. The third-order valence-electron chi connectivity index (χ3n) is 4.22. The summed E-state index contributed by atoms with van der Waals surface area (Å²) in [5.74, 6) is 1.53. The van der Waals surface area contributed by atoms with Crippen LogP contribution in [0.5, 0.6) is 0 Å². The number of aryl methyl sites for hydroxylation is 3. The Morgan fingerprint density at radius 3 is 2.62 bits per heavy atom. The van der Waals surface area contributed by atoms with Crippen LogP contribution in [-0.4, -0.2) is 22.4 Å². The number of thiophene rings is 1. The molecule has 1 amide bonds. The maximum absolute atomic E-state index is 11.9. The standard InChI is InChI=1S/C20H22N4OS/c1-5-10-21-19(25)16-8-6-15(7-9-16)11-22-18-17-12(2)13(3)26-20(17)24-14(4)23-18/h5-9H,1,10-11H2,2-4H3,(H,21,25)(H,22,23,24). The molecule has 0 bridgehead atoms. The van der Waals surface area contributed by atoms with Gasteiger partial charge in [0.25, 0.3) is 5.91 Å². The molecule has 134 valence electrons. The van der Waals surface area contributed by atoms with Crippen LogP contribution in [0.25, 0.3) is 10.2 Å². The molecule has 0 spiro atoms. The van der Waals surface area contributed by atoms with Gasteiger partial charge < -0.3 is 10.6 Å². The van der Waals surface area contributed by atoms with Crippen LogP contribution < -0.4 is 10.6 Å². The molecule has 0 atom stereocenters. The van der Waals surface area contributed by atoms with E-state index < -0.39 is 0 Å². The Hall–Kier alpha value is -2.73. The van der Waals surface area contributed by atoms with Crippen molar-refractivity contribution in [1.82, 2.24) is 15.3 Å². The Kier molecular flexibility index (Phi) is 5.32. The average molecular weight is 366 g/mol. The van der Waals surface area contributed by atoms with Crippen molar-refractivity contribution in [2.45, 2.75) is 27.3 Å². The Balaban J connectivity index is 1.76. The van der Waals surface area contributed by atoms with Crippen molar-refractivity contribution < 1.29 is 4.79 Å². The fraction of sp³-hybridized carbons (Fsp3) is 0.250. The van der Waals surface area contributed by atoms with Crippen molar-refractivity contribution in [1.29, 1.82) is 0 Å². The average Bonchev–Trinajstić information content (AvgIpc) is 2.91. The zero-order valence-corrected chi connectivity index (χ0v) is 16.0. The van der Waals surface area contributed by atoms with Gasteiger partial charge in [0.1, 0.15) is 16.5 Å². The van der Waals surface area contributed by atoms with Crippen LogP contribution >= 0.6 is 11.3 Å². The normalized spacial score (nSPS) is 10.7. The molecule has 0 fully saturated rings. The minimum absolute atomic E-state index is 0.0954. The van der Waals surface area contributed by atoms with Gasteiger partial charge in [0.2, 0.25) is 0 Å². The number of hydrogen-bond donors (Lipinski definition) is 2. The number of rotatable bonds is 6. The molecule has 0 unspecified atom stereocenters. The predicted molar refractivity (Wildman–Crippen MR) is 108 cm³/mol. The summed E-state index contributed by atoms with van der Waals surface area (Å²) in [6.45, 7) is 10.8. The van der Waals surface area contributed by atoms with E-state index >= 15 is 0 Å². The summed E-state index contributed by atoms with van der Waals surface area (Å²) in [7, 11) is 0. The van der Waals surface area contributed by atoms with Gasteiger partial charge in [-0.3, -0.25) is 4.79 Å². The van der Waals surface area contributed by atoms with E-state index in [-0.39, 0.29) is 5.91 Å². The number of amides is 1. The van der Waals surface area contributed by atoms with Gasteiger partial charge in [-0.15, -0.1) is 17.9 Å². The first kappa shape index (κ1) is 18.1. The van der Waals surface area contributed by atoms with Crippen LogP contribution in [0.3, 0.4) is 0 Å². The summed E-state index contributed by atoms with van der Waals surface area (Å²) in [4.78, 5) is 23.3. The number of benzene rings is 1. The number of carbonyl (C=O) groups excluding carboxylic acids is 1. The minimum atomic E-state index is -0.0954. The third kappa shape index (κ3) is 3.75. The van der Waals surface area contributed by atoms with Crippen LogP contribution in [0.1, 0.15) is 32.2 Å². The van der Waals surface area contributed by atoms with E-state index in [0.717, 1.165) is 27.4 Å². The van der Waals surface area contributed by atoms with Crippen molar-refractivity contribution >= 4 is 33.3 Å². The van der Waals surface area contributed by atoms with Gasteiger partial charge in [-0.1, -0.05) is 18.2 Å². The van der Waals surface area contributed by atoms with Crippen LogP contribution in [0, 0.1) is 20.8 Å². The third-order valence-corrected chi connectivity index (χ3v) is 5.32. The highest BCUT2D eigenvalue weighted by atomic mass is 32.1. The van der Waals surface area contributed by atoms with Crippen LogP contribution in [-0.2, 0) is 6.54 Å². The summed E-state index contributed by atoms with van der Waals surface area (Å²) in [5, 5.41) is 7.29. The van der Waals surface area contributed by atoms with E-state index in [1.807, 2.05) is 31.2 Å². The molecule has 26 heavy (non-hydrogen) atoms. The second-order valence-corrected chi connectivity index (χ2v) is 7.34. The Morgan fingerprint density at radius 1 is 1.19 bits per heavy atom. The number of nitrogens with zero attached hydrogens (tertiary/aromatic N) is 2. The van der Waals surface area contributed by atoms with Crippen LogP contribution in [0.4, 0.5) is 5.82 Å². The van der Waals surface area contributed by atoms with Crippen molar-refractivity contribution in [3.63, 3.8) is 0 Å². The largest absolute Gasteiger partial charge is 0.365 e. The van der Waals surface area contributed by atoms with Gasteiger partial charge in [0.15, 0.2) is 0 Å². The van der Waals surface area contributed by atoms with Gasteiger partial charge >= 0.3 is 0 Å². The van der Waals surface area contributed by atoms with Crippen molar-refractivity contribution in [3.8, 4) is 0 Å². The zero-order valence-electron chi connectivity index (χ0n) is 15.2. The number of aromatic nitrogens is 2. The number of carbonyl (C=O) groups is 1. The quantitative estimate of drug-likeness (QED) is 0.643.